The minimum absolute atomic E-state index is 0.0874. The van der Waals surface area contributed by atoms with Crippen LogP contribution in [0.5, 0.6) is 0 Å². The number of aromatic nitrogens is 2. The smallest absolute Gasteiger partial charge is 0.253 e. The molecule has 0 aliphatic rings. The fourth-order valence-electron chi connectivity index (χ4n) is 3.09. The molecule has 28 heavy (non-hydrogen) atoms. The van der Waals surface area contributed by atoms with Crippen molar-refractivity contribution < 1.29 is 4.79 Å². The summed E-state index contributed by atoms with van der Waals surface area (Å²) in [7, 11) is 0. The molecule has 1 aromatic heterocycles. The molecule has 0 radical (unpaired) electrons. The van der Waals surface area contributed by atoms with Crippen LogP contribution in [0.15, 0.2) is 54.6 Å². The SMILES string of the molecule is Cc1cc(C)n(CCCNC(=O)c2ccccc2NCc2ccccc2Cl)n1. The Labute approximate surface area is 170 Å². The van der Waals surface area contributed by atoms with E-state index in [9.17, 15) is 4.79 Å². The molecule has 6 heteroatoms. The van der Waals surface area contributed by atoms with Gasteiger partial charge < -0.3 is 10.6 Å². The molecule has 2 aromatic carbocycles. The molecule has 0 aliphatic heterocycles. The number of hydrogen-bond acceptors (Lipinski definition) is 3. The van der Waals surface area contributed by atoms with Crippen LogP contribution in [0, 0.1) is 13.8 Å². The molecule has 0 fully saturated rings. The van der Waals surface area contributed by atoms with Crippen LogP contribution in [0.2, 0.25) is 5.02 Å². The van der Waals surface area contributed by atoms with Crippen molar-refractivity contribution in [3.63, 3.8) is 0 Å². The predicted molar refractivity (Wildman–Crippen MR) is 114 cm³/mol. The van der Waals surface area contributed by atoms with Gasteiger partial charge in [-0.2, -0.15) is 5.10 Å². The quantitative estimate of drug-likeness (QED) is 0.547. The first kappa shape index (κ1) is 20.0. The van der Waals surface area contributed by atoms with Gasteiger partial charge in [0.1, 0.15) is 0 Å². The van der Waals surface area contributed by atoms with E-state index in [1.165, 1.54) is 0 Å². The minimum atomic E-state index is -0.0874. The van der Waals surface area contributed by atoms with E-state index in [1.807, 2.05) is 67.1 Å². The van der Waals surface area contributed by atoms with Crippen LogP contribution in [0.25, 0.3) is 0 Å². The number of carbonyl (C=O) groups excluding carboxylic acids is 1. The number of halogens is 1. The number of benzene rings is 2. The summed E-state index contributed by atoms with van der Waals surface area (Å²) in [5, 5.41) is 11.5. The van der Waals surface area contributed by atoms with Gasteiger partial charge in [0.05, 0.1) is 11.3 Å². The van der Waals surface area contributed by atoms with Gasteiger partial charge in [-0.3, -0.25) is 9.48 Å². The summed E-state index contributed by atoms with van der Waals surface area (Å²) in [4.78, 5) is 12.6. The lowest BCUT2D eigenvalue weighted by molar-refractivity contribution is 0.0953. The van der Waals surface area contributed by atoms with Crippen molar-refractivity contribution in [1.29, 1.82) is 0 Å². The Kier molecular flexibility index (Phi) is 6.71. The number of amides is 1. The highest BCUT2D eigenvalue weighted by atomic mass is 35.5. The monoisotopic (exact) mass is 396 g/mol. The molecule has 1 amide bonds. The molecule has 146 valence electrons. The minimum Gasteiger partial charge on any atom is -0.380 e. The van der Waals surface area contributed by atoms with E-state index in [4.69, 9.17) is 11.6 Å². The van der Waals surface area contributed by atoms with Crippen LogP contribution in [-0.2, 0) is 13.1 Å². The molecule has 0 aliphatic carbocycles. The van der Waals surface area contributed by atoms with Crippen molar-refractivity contribution in [2.24, 2.45) is 0 Å². The topological polar surface area (TPSA) is 59.0 Å². The van der Waals surface area contributed by atoms with Crippen molar-refractivity contribution in [3.05, 3.63) is 82.1 Å². The van der Waals surface area contributed by atoms with Crippen LogP contribution in [0.1, 0.15) is 33.7 Å². The fraction of sp³-hybridized carbons (Fsp3) is 0.273. The van der Waals surface area contributed by atoms with Crippen molar-refractivity contribution in [1.82, 2.24) is 15.1 Å². The number of para-hydroxylation sites is 1. The number of anilines is 1. The average Bonchev–Trinajstić information content (AvgIpc) is 3.01. The van der Waals surface area contributed by atoms with Gasteiger partial charge in [-0.1, -0.05) is 41.9 Å². The maximum absolute atomic E-state index is 12.6. The maximum atomic E-state index is 12.6. The lowest BCUT2D eigenvalue weighted by Gasteiger charge is -2.13. The molecular weight excluding hydrogens is 372 g/mol. The molecule has 0 bridgehead atoms. The van der Waals surface area contributed by atoms with Crippen molar-refractivity contribution in [3.8, 4) is 0 Å². The van der Waals surface area contributed by atoms with Crippen molar-refractivity contribution in [2.45, 2.75) is 33.4 Å². The third kappa shape index (κ3) is 5.14. The lowest BCUT2D eigenvalue weighted by atomic mass is 10.1. The van der Waals surface area contributed by atoms with Gasteiger partial charge in [0.15, 0.2) is 0 Å². The zero-order valence-electron chi connectivity index (χ0n) is 16.2. The highest BCUT2D eigenvalue weighted by Crippen LogP contribution is 2.19. The summed E-state index contributed by atoms with van der Waals surface area (Å²) < 4.78 is 1.97. The molecule has 0 saturated heterocycles. The van der Waals surface area contributed by atoms with E-state index in [1.54, 1.807) is 0 Å². The fourth-order valence-corrected chi connectivity index (χ4v) is 3.30. The molecule has 0 unspecified atom stereocenters. The summed E-state index contributed by atoms with van der Waals surface area (Å²) in [6.07, 6.45) is 0.822. The van der Waals surface area contributed by atoms with Crippen LogP contribution < -0.4 is 10.6 Å². The molecule has 1 heterocycles. The Morgan fingerprint density at radius 3 is 2.61 bits per heavy atom. The van der Waals surface area contributed by atoms with Crippen molar-refractivity contribution in [2.75, 3.05) is 11.9 Å². The average molecular weight is 397 g/mol. The van der Waals surface area contributed by atoms with E-state index in [0.717, 1.165) is 35.6 Å². The van der Waals surface area contributed by atoms with Gasteiger partial charge in [-0.15, -0.1) is 0 Å². The number of rotatable bonds is 8. The second-order valence-electron chi connectivity index (χ2n) is 6.75. The Morgan fingerprint density at radius 2 is 1.86 bits per heavy atom. The summed E-state index contributed by atoms with van der Waals surface area (Å²) in [6, 6.07) is 17.2. The number of hydrogen-bond donors (Lipinski definition) is 2. The van der Waals surface area contributed by atoms with Gasteiger partial charge in [0.2, 0.25) is 0 Å². The first-order valence-electron chi connectivity index (χ1n) is 9.40. The predicted octanol–water partition coefficient (Wildman–Crippen LogP) is 4.59. The van der Waals surface area contributed by atoms with Crippen LogP contribution in [0.3, 0.4) is 0 Å². The Morgan fingerprint density at radius 1 is 1.11 bits per heavy atom. The van der Waals surface area contributed by atoms with E-state index in [0.29, 0.717) is 23.7 Å². The van der Waals surface area contributed by atoms with Gasteiger partial charge in [-0.25, -0.2) is 0 Å². The van der Waals surface area contributed by atoms with Gasteiger partial charge >= 0.3 is 0 Å². The highest BCUT2D eigenvalue weighted by molar-refractivity contribution is 6.31. The molecule has 0 spiro atoms. The second-order valence-corrected chi connectivity index (χ2v) is 7.16. The maximum Gasteiger partial charge on any atom is 0.253 e. The molecular formula is C22H25ClN4O. The second kappa shape index (κ2) is 9.42. The molecule has 2 N–H and O–H groups in total. The van der Waals surface area contributed by atoms with Gasteiger partial charge in [-0.05, 0) is 50.1 Å². The van der Waals surface area contributed by atoms with Crippen LogP contribution >= 0.6 is 11.6 Å². The van der Waals surface area contributed by atoms with Crippen LogP contribution in [-0.4, -0.2) is 22.2 Å². The zero-order chi connectivity index (χ0) is 19.9. The Balaban J connectivity index is 1.55. The normalized spacial score (nSPS) is 10.7. The largest absolute Gasteiger partial charge is 0.380 e. The van der Waals surface area contributed by atoms with Crippen molar-refractivity contribution >= 4 is 23.2 Å². The lowest BCUT2D eigenvalue weighted by Crippen LogP contribution is -2.26. The summed E-state index contributed by atoms with van der Waals surface area (Å²) >= 11 is 6.21. The number of aryl methyl sites for hydroxylation is 3. The Bertz CT molecular complexity index is 951. The summed E-state index contributed by atoms with van der Waals surface area (Å²) in [5.41, 5.74) is 4.56. The first-order valence-corrected chi connectivity index (χ1v) is 9.78. The number of nitrogens with one attached hydrogen (secondary N) is 2. The summed E-state index contributed by atoms with van der Waals surface area (Å²) in [5.74, 6) is -0.0874. The molecule has 0 atom stereocenters. The molecule has 0 saturated carbocycles. The van der Waals surface area contributed by atoms with E-state index < -0.39 is 0 Å². The third-order valence-corrected chi connectivity index (χ3v) is 4.90. The first-order chi connectivity index (χ1) is 13.5. The number of nitrogens with zero attached hydrogens (tertiary/aromatic N) is 2. The molecule has 3 rings (SSSR count). The van der Waals surface area contributed by atoms with Gasteiger partial charge in [0.25, 0.3) is 5.91 Å². The van der Waals surface area contributed by atoms with Crippen LogP contribution in [0.4, 0.5) is 5.69 Å². The third-order valence-electron chi connectivity index (χ3n) is 4.53. The molecule has 3 aromatic rings. The molecule has 5 nitrogen and oxygen atoms in total. The van der Waals surface area contributed by atoms with E-state index in [-0.39, 0.29) is 5.91 Å². The standard InChI is InChI=1S/C22H25ClN4O/c1-16-14-17(2)27(26-16)13-7-12-24-22(28)19-9-4-6-11-21(19)25-15-18-8-3-5-10-20(18)23/h3-6,8-11,14,25H,7,12-13,15H2,1-2H3,(H,24,28). The van der Waals surface area contributed by atoms with E-state index in [2.05, 4.69) is 21.8 Å². The van der Waals surface area contributed by atoms with E-state index >= 15 is 0 Å². The van der Waals surface area contributed by atoms with Gasteiger partial charge in [0, 0.05) is 36.0 Å². The summed E-state index contributed by atoms with van der Waals surface area (Å²) in [6.45, 7) is 5.96. The zero-order valence-corrected chi connectivity index (χ0v) is 17.0. The number of carbonyl (C=O) groups is 1. The highest BCUT2D eigenvalue weighted by Gasteiger charge is 2.11. The Hall–Kier alpha value is -2.79.